The first-order valence-electron chi connectivity index (χ1n) is 7.66. The first-order chi connectivity index (χ1) is 10.5. The van der Waals surface area contributed by atoms with Gasteiger partial charge in [-0.25, -0.2) is 0 Å². The third kappa shape index (κ3) is 2.01. The van der Waals surface area contributed by atoms with E-state index in [0.717, 1.165) is 0 Å². The van der Waals surface area contributed by atoms with Crippen molar-refractivity contribution in [1.82, 2.24) is 0 Å². The number of rotatable bonds is 0. The van der Waals surface area contributed by atoms with Crippen molar-refractivity contribution in [2.75, 3.05) is 13.2 Å². The van der Waals surface area contributed by atoms with E-state index in [1.54, 1.807) is 6.92 Å². The number of esters is 1. The van der Waals surface area contributed by atoms with Gasteiger partial charge in [0.25, 0.3) is 0 Å². The van der Waals surface area contributed by atoms with Crippen LogP contribution in [-0.4, -0.2) is 25.0 Å². The monoisotopic (exact) mass is 306 g/mol. The van der Waals surface area contributed by atoms with Crippen molar-refractivity contribution in [1.29, 1.82) is 0 Å². The molecular weight excluding hydrogens is 288 g/mol. The molecule has 2 fully saturated rings. The maximum Gasteiger partial charge on any atom is 0.312 e. The Morgan fingerprint density at radius 2 is 1.73 bits per heavy atom. The van der Waals surface area contributed by atoms with E-state index >= 15 is 0 Å². The summed E-state index contributed by atoms with van der Waals surface area (Å²) in [6.07, 6.45) is 2.99. The summed E-state index contributed by atoms with van der Waals surface area (Å²) >= 11 is 0. The number of hydrogen-bond acceptors (Lipinski definition) is 6. The third-order valence-corrected chi connectivity index (χ3v) is 4.99. The Morgan fingerprint density at radius 1 is 1.05 bits per heavy atom. The smallest absolute Gasteiger partial charge is 0.312 e. The van der Waals surface area contributed by atoms with Crippen LogP contribution in [0.1, 0.15) is 43.6 Å². The predicted octanol–water partition coefficient (Wildman–Crippen LogP) is 1.81. The highest BCUT2D eigenvalue weighted by Crippen LogP contribution is 2.51. The second-order valence-electron chi connectivity index (χ2n) is 6.42. The molecule has 0 bridgehead atoms. The molecule has 0 radical (unpaired) electrons. The highest BCUT2D eigenvalue weighted by Gasteiger charge is 2.52. The van der Waals surface area contributed by atoms with E-state index < -0.39 is 11.2 Å². The first-order valence-corrected chi connectivity index (χ1v) is 7.66. The van der Waals surface area contributed by atoms with E-state index in [0.29, 0.717) is 50.4 Å². The van der Waals surface area contributed by atoms with Gasteiger partial charge in [-0.15, -0.1) is 0 Å². The van der Waals surface area contributed by atoms with E-state index in [4.69, 9.17) is 18.6 Å². The topological polar surface area (TPSA) is 75.0 Å². The molecule has 6 nitrogen and oxygen atoms in total. The van der Waals surface area contributed by atoms with Crippen LogP contribution in [0, 0.1) is 6.92 Å². The summed E-state index contributed by atoms with van der Waals surface area (Å²) in [4.78, 5) is 24.1. The molecule has 3 aliphatic rings. The molecule has 1 saturated heterocycles. The number of carbonyl (C=O) groups is 1. The van der Waals surface area contributed by atoms with Gasteiger partial charge < -0.3 is 18.6 Å². The average molecular weight is 306 g/mol. The normalized spacial score (nSPS) is 25.2. The van der Waals surface area contributed by atoms with Gasteiger partial charge in [-0.3, -0.25) is 9.59 Å². The fraction of sp³-hybridized carbons (Fsp3) is 0.625. The van der Waals surface area contributed by atoms with Gasteiger partial charge in [0, 0.05) is 24.3 Å². The number of carbonyl (C=O) groups excluding carboxylic acids is 1. The van der Waals surface area contributed by atoms with E-state index in [-0.39, 0.29) is 23.6 Å². The van der Waals surface area contributed by atoms with Crippen LogP contribution in [0.5, 0.6) is 5.75 Å². The van der Waals surface area contributed by atoms with Gasteiger partial charge in [-0.1, -0.05) is 0 Å². The zero-order valence-corrected chi connectivity index (χ0v) is 12.5. The number of aryl methyl sites for hydroxylation is 1. The van der Waals surface area contributed by atoms with Crippen LogP contribution in [0.4, 0.5) is 0 Å². The second kappa shape index (κ2) is 4.67. The molecule has 1 aromatic rings. The molecule has 0 atom stereocenters. The molecule has 0 amide bonds. The summed E-state index contributed by atoms with van der Waals surface area (Å²) in [7, 11) is 0. The zero-order chi connectivity index (χ0) is 15.4. The van der Waals surface area contributed by atoms with Crippen LogP contribution in [0.15, 0.2) is 15.3 Å². The van der Waals surface area contributed by atoms with Crippen LogP contribution in [0.25, 0.3) is 0 Å². The molecule has 6 heteroatoms. The molecule has 0 unspecified atom stereocenters. The second-order valence-corrected chi connectivity index (χ2v) is 6.42. The fourth-order valence-corrected chi connectivity index (χ4v) is 3.85. The molecule has 22 heavy (non-hydrogen) atoms. The molecule has 1 aromatic heterocycles. The zero-order valence-electron chi connectivity index (χ0n) is 12.5. The fourth-order valence-electron chi connectivity index (χ4n) is 3.85. The van der Waals surface area contributed by atoms with Crippen LogP contribution < -0.4 is 10.2 Å². The molecule has 3 heterocycles. The van der Waals surface area contributed by atoms with Crippen molar-refractivity contribution in [3.8, 4) is 5.75 Å². The first kappa shape index (κ1) is 14.0. The molecule has 1 aliphatic carbocycles. The Kier molecular flexibility index (Phi) is 2.96. The highest BCUT2D eigenvalue weighted by molar-refractivity contribution is 5.77. The van der Waals surface area contributed by atoms with Crippen molar-refractivity contribution >= 4 is 5.97 Å². The van der Waals surface area contributed by atoms with Crippen LogP contribution in [0.2, 0.25) is 0 Å². The number of ether oxygens (including phenoxy) is 3. The molecule has 2 aliphatic heterocycles. The molecule has 118 valence electrons. The van der Waals surface area contributed by atoms with Crippen molar-refractivity contribution in [2.24, 2.45) is 0 Å². The van der Waals surface area contributed by atoms with Crippen molar-refractivity contribution in [3.63, 3.8) is 0 Å². The van der Waals surface area contributed by atoms with Gasteiger partial charge in [-0.05, 0) is 19.8 Å². The SMILES string of the molecule is Cc1cc(=O)c2c(o1)C1(CCC3(CC1)OCCO3)CC(=O)O2. The largest absolute Gasteiger partial charge is 0.462 e. The Hall–Kier alpha value is -1.66. The van der Waals surface area contributed by atoms with Crippen molar-refractivity contribution in [3.05, 3.63) is 27.8 Å². The maximum atomic E-state index is 12.1. The average Bonchev–Trinajstić information content (AvgIpc) is 2.93. The summed E-state index contributed by atoms with van der Waals surface area (Å²) in [6.45, 7) is 2.96. The van der Waals surface area contributed by atoms with Gasteiger partial charge in [-0.2, -0.15) is 0 Å². The van der Waals surface area contributed by atoms with E-state index in [1.807, 2.05) is 0 Å². The van der Waals surface area contributed by atoms with Gasteiger partial charge in [0.05, 0.1) is 19.6 Å². The van der Waals surface area contributed by atoms with Crippen molar-refractivity contribution < 1.29 is 23.4 Å². The lowest BCUT2D eigenvalue weighted by Gasteiger charge is -2.44. The Balaban J connectivity index is 1.74. The number of fused-ring (bicyclic) bond motifs is 2. The van der Waals surface area contributed by atoms with E-state index in [2.05, 4.69) is 0 Å². The maximum absolute atomic E-state index is 12.1. The lowest BCUT2D eigenvalue weighted by Crippen LogP contribution is -2.46. The van der Waals surface area contributed by atoms with Gasteiger partial charge in [0.15, 0.2) is 11.5 Å². The van der Waals surface area contributed by atoms with E-state index in [1.165, 1.54) is 6.07 Å². The highest BCUT2D eigenvalue weighted by atomic mass is 16.7. The van der Waals surface area contributed by atoms with Crippen LogP contribution >= 0.6 is 0 Å². The Bertz CT molecular complexity index is 672. The minimum Gasteiger partial charge on any atom is -0.462 e. The van der Waals surface area contributed by atoms with Gasteiger partial charge in [0.1, 0.15) is 5.76 Å². The van der Waals surface area contributed by atoms with Gasteiger partial charge in [0.2, 0.25) is 11.2 Å². The molecular formula is C16H18O6. The lowest BCUT2D eigenvalue weighted by molar-refractivity contribution is -0.188. The summed E-state index contributed by atoms with van der Waals surface area (Å²) in [5, 5.41) is 0. The molecule has 2 spiro atoms. The van der Waals surface area contributed by atoms with Gasteiger partial charge >= 0.3 is 5.97 Å². The Morgan fingerprint density at radius 3 is 2.41 bits per heavy atom. The summed E-state index contributed by atoms with van der Waals surface area (Å²) in [5.74, 6) is 0.232. The quantitative estimate of drug-likeness (QED) is 0.681. The van der Waals surface area contributed by atoms with Crippen LogP contribution in [-0.2, 0) is 19.7 Å². The minimum absolute atomic E-state index is 0.0612. The Labute approximate surface area is 127 Å². The molecule has 4 rings (SSSR count). The summed E-state index contributed by atoms with van der Waals surface area (Å²) in [5.41, 5.74) is -0.768. The molecule has 1 saturated carbocycles. The van der Waals surface area contributed by atoms with E-state index in [9.17, 15) is 9.59 Å². The third-order valence-electron chi connectivity index (χ3n) is 4.99. The lowest BCUT2D eigenvalue weighted by atomic mass is 9.67. The number of hydrogen-bond donors (Lipinski definition) is 0. The summed E-state index contributed by atoms with van der Waals surface area (Å²) in [6, 6.07) is 1.36. The minimum atomic E-state index is -0.517. The standard InChI is InChI=1S/C16H18O6/c1-10-8-11(17)13-14(21-10)15(9-12(18)22-13)2-4-16(5-3-15)19-6-7-20-16/h8H,2-7,9H2,1H3. The predicted molar refractivity (Wildman–Crippen MR) is 74.7 cm³/mol. The summed E-state index contributed by atoms with van der Waals surface area (Å²) < 4.78 is 22.5. The van der Waals surface area contributed by atoms with Crippen LogP contribution in [0.3, 0.4) is 0 Å². The molecule has 0 aromatic carbocycles. The van der Waals surface area contributed by atoms with Crippen molar-refractivity contribution in [2.45, 2.75) is 50.2 Å². The molecule has 0 N–H and O–H groups in total.